The van der Waals surface area contributed by atoms with Gasteiger partial charge in [0.15, 0.2) is 11.2 Å². The van der Waals surface area contributed by atoms with E-state index in [2.05, 4.69) is 0 Å². The number of hydrogen-bond acceptors (Lipinski definition) is 6. The van der Waals surface area contributed by atoms with Crippen molar-refractivity contribution >= 4 is 5.91 Å². The summed E-state index contributed by atoms with van der Waals surface area (Å²) in [6.07, 6.45) is 1.23. The molecule has 0 aliphatic carbocycles. The number of carbonyl (C=O) groups is 1. The van der Waals surface area contributed by atoms with E-state index in [4.69, 9.17) is 13.9 Å². The molecule has 4 rings (SSSR count). The quantitative estimate of drug-likeness (QED) is 0.798. The predicted molar refractivity (Wildman–Crippen MR) is 87.3 cm³/mol. The molecule has 136 valence electrons. The molecule has 3 fully saturated rings. The van der Waals surface area contributed by atoms with Crippen LogP contribution in [0.1, 0.15) is 29.2 Å². The van der Waals surface area contributed by atoms with Crippen LogP contribution >= 0.6 is 0 Å². The zero-order valence-electron chi connectivity index (χ0n) is 14.3. The summed E-state index contributed by atoms with van der Waals surface area (Å²) in [5.74, 6) is -0.148. The molecule has 1 aromatic heterocycles. The molecular formula is C18H23NO6. The van der Waals surface area contributed by atoms with Crippen LogP contribution < -0.4 is 5.43 Å². The Hall–Kier alpha value is -1.70. The molecule has 1 N–H and O–H groups in total. The molecule has 0 bridgehead atoms. The highest BCUT2D eigenvalue weighted by atomic mass is 16.5. The van der Waals surface area contributed by atoms with E-state index in [-0.39, 0.29) is 35.0 Å². The number of piperidine rings is 1. The first-order valence-electron chi connectivity index (χ1n) is 8.79. The van der Waals surface area contributed by atoms with Crippen LogP contribution in [0.3, 0.4) is 0 Å². The van der Waals surface area contributed by atoms with Gasteiger partial charge in [-0.25, -0.2) is 0 Å². The molecule has 3 aliphatic heterocycles. The molecule has 0 aromatic carbocycles. The van der Waals surface area contributed by atoms with E-state index < -0.39 is 5.60 Å². The van der Waals surface area contributed by atoms with Gasteiger partial charge in [0.1, 0.15) is 5.76 Å². The molecule has 0 saturated carbocycles. The van der Waals surface area contributed by atoms with Gasteiger partial charge in [0.25, 0.3) is 5.91 Å². The number of aryl methyl sites for hydroxylation is 1. The number of rotatable bonds is 1. The first-order valence-corrected chi connectivity index (χ1v) is 8.79. The third-order valence-electron chi connectivity index (χ3n) is 5.81. The molecule has 3 aliphatic rings. The molecule has 4 atom stereocenters. The van der Waals surface area contributed by atoms with Crippen molar-refractivity contribution in [2.45, 2.75) is 31.4 Å². The zero-order chi connectivity index (χ0) is 17.6. The molecule has 0 spiro atoms. The number of aliphatic hydroxyl groups is 1. The van der Waals surface area contributed by atoms with Crippen molar-refractivity contribution in [2.75, 3.05) is 33.0 Å². The first kappa shape index (κ1) is 16.8. The summed E-state index contributed by atoms with van der Waals surface area (Å²) in [5, 5.41) is 11.3. The molecule has 4 heterocycles. The van der Waals surface area contributed by atoms with Crippen molar-refractivity contribution in [3.63, 3.8) is 0 Å². The van der Waals surface area contributed by atoms with E-state index in [0.29, 0.717) is 51.6 Å². The van der Waals surface area contributed by atoms with Gasteiger partial charge in [0.05, 0.1) is 18.8 Å². The van der Waals surface area contributed by atoms with Crippen LogP contribution in [0, 0.1) is 18.8 Å². The van der Waals surface area contributed by atoms with Crippen molar-refractivity contribution in [1.29, 1.82) is 0 Å². The van der Waals surface area contributed by atoms with E-state index >= 15 is 0 Å². The van der Waals surface area contributed by atoms with Gasteiger partial charge < -0.3 is 23.9 Å². The second-order valence-corrected chi connectivity index (χ2v) is 7.28. The molecule has 3 saturated heterocycles. The highest BCUT2D eigenvalue weighted by Crippen LogP contribution is 2.44. The summed E-state index contributed by atoms with van der Waals surface area (Å²) < 4.78 is 16.7. The molecule has 0 unspecified atom stereocenters. The molecule has 7 heteroatoms. The van der Waals surface area contributed by atoms with Gasteiger partial charge in [-0.05, 0) is 13.3 Å². The van der Waals surface area contributed by atoms with Crippen molar-refractivity contribution in [3.8, 4) is 0 Å². The highest BCUT2D eigenvalue weighted by Gasteiger charge is 2.56. The number of fused-ring (bicyclic) bond motifs is 3. The van der Waals surface area contributed by atoms with Crippen LogP contribution in [0.25, 0.3) is 0 Å². The Morgan fingerprint density at radius 1 is 1.28 bits per heavy atom. The Labute approximate surface area is 145 Å². The number of carbonyl (C=O) groups excluding carboxylic acids is 1. The van der Waals surface area contributed by atoms with Crippen molar-refractivity contribution in [1.82, 2.24) is 4.90 Å². The molecule has 1 amide bonds. The van der Waals surface area contributed by atoms with Crippen LogP contribution in [0.4, 0.5) is 0 Å². The minimum Gasteiger partial charge on any atom is -0.456 e. The minimum absolute atomic E-state index is 0.0532. The molecular weight excluding hydrogens is 326 g/mol. The van der Waals surface area contributed by atoms with E-state index in [1.807, 2.05) is 0 Å². The normalized spacial score (nSPS) is 35.0. The molecule has 25 heavy (non-hydrogen) atoms. The topological polar surface area (TPSA) is 89.2 Å². The van der Waals surface area contributed by atoms with Crippen molar-refractivity contribution < 1.29 is 23.8 Å². The third kappa shape index (κ3) is 2.80. The lowest BCUT2D eigenvalue weighted by atomic mass is 9.66. The van der Waals surface area contributed by atoms with Gasteiger partial charge in [0.2, 0.25) is 0 Å². The van der Waals surface area contributed by atoms with Gasteiger partial charge >= 0.3 is 0 Å². The fraction of sp³-hybridized carbons (Fsp3) is 0.667. The molecule has 7 nitrogen and oxygen atoms in total. The lowest BCUT2D eigenvalue weighted by molar-refractivity contribution is -0.212. The number of ether oxygens (including phenoxy) is 2. The maximum atomic E-state index is 13.1. The van der Waals surface area contributed by atoms with Crippen LogP contribution in [-0.2, 0) is 9.47 Å². The fourth-order valence-electron chi connectivity index (χ4n) is 4.54. The standard InChI is InChI=1S/C18H23NO6/c1-11-6-13(20)7-16(25-11)17(21)19-8-12-9-24-5-3-18(12,22)14-10-23-4-2-15(14)19/h6-7,12,14-15,22H,2-5,8-10H2,1H3/t12-,14+,15-,18-/m1/s1. The van der Waals surface area contributed by atoms with E-state index in [1.165, 1.54) is 12.1 Å². The summed E-state index contributed by atoms with van der Waals surface area (Å²) in [7, 11) is 0. The SMILES string of the molecule is Cc1cc(=O)cc(C(=O)N2C[C@@H]3COCC[C@]3(O)[C@H]3COCC[C@H]32)o1. The summed E-state index contributed by atoms with van der Waals surface area (Å²) in [4.78, 5) is 26.6. The average molecular weight is 349 g/mol. The summed E-state index contributed by atoms with van der Waals surface area (Å²) in [6.45, 7) is 3.98. The smallest absolute Gasteiger partial charge is 0.289 e. The maximum absolute atomic E-state index is 13.1. The maximum Gasteiger partial charge on any atom is 0.289 e. The van der Waals surface area contributed by atoms with Gasteiger partial charge in [-0.1, -0.05) is 0 Å². The third-order valence-corrected chi connectivity index (χ3v) is 5.81. The summed E-state index contributed by atoms with van der Waals surface area (Å²) in [5.41, 5.74) is -1.11. The Kier molecular flexibility index (Phi) is 4.17. The van der Waals surface area contributed by atoms with Crippen LogP contribution in [0.2, 0.25) is 0 Å². The number of likely N-dealkylation sites (tertiary alicyclic amines) is 1. The van der Waals surface area contributed by atoms with Gasteiger partial charge in [-0.2, -0.15) is 0 Å². The van der Waals surface area contributed by atoms with Crippen molar-refractivity contribution in [2.24, 2.45) is 11.8 Å². The van der Waals surface area contributed by atoms with Crippen molar-refractivity contribution in [3.05, 3.63) is 33.9 Å². The molecule has 1 aromatic rings. The Morgan fingerprint density at radius 2 is 2.08 bits per heavy atom. The number of nitrogens with zero attached hydrogens (tertiary/aromatic N) is 1. The number of hydrogen-bond donors (Lipinski definition) is 1. The summed E-state index contributed by atoms with van der Waals surface area (Å²) in [6, 6.07) is 2.48. The monoisotopic (exact) mass is 349 g/mol. The minimum atomic E-state index is -0.868. The average Bonchev–Trinajstić information content (AvgIpc) is 2.60. The second kappa shape index (κ2) is 6.23. The Bertz CT molecular complexity index is 731. The van der Waals surface area contributed by atoms with E-state index in [0.717, 1.165) is 0 Å². The second-order valence-electron chi connectivity index (χ2n) is 7.28. The summed E-state index contributed by atoms with van der Waals surface area (Å²) >= 11 is 0. The van der Waals surface area contributed by atoms with E-state index in [1.54, 1.807) is 11.8 Å². The number of amides is 1. The van der Waals surface area contributed by atoms with Crippen LogP contribution in [0.5, 0.6) is 0 Å². The largest absolute Gasteiger partial charge is 0.456 e. The fourth-order valence-corrected chi connectivity index (χ4v) is 4.54. The Balaban J connectivity index is 1.69. The predicted octanol–water partition coefficient (Wildman–Crippen LogP) is 0.577. The zero-order valence-corrected chi connectivity index (χ0v) is 14.3. The van der Waals surface area contributed by atoms with Gasteiger partial charge in [0, 0.05) is 56.2 Å². The highest BCUT2D eigenvalue weighted by molar-refractivity contribution is 5.91. The van der Waals surface area contributed by atoms with Crippen LogP contribution in [0.15, 0.2) is 21.3 Å². The van der Waals surface area contributed by atoms with Gasteiger partial charge in [-0.3, -0.25) is 9.59 Å². The lowest BCUT2D eigenvalue weighted by Gasteiger charge is -2.56. The lowest BCUT2D eigenvalue weighted by Crippen LogP contribution is -2.68. The van der Waals surface area contributed by atoms with Gasteiger partial charge in [-0.15, -0.1) is 0 Å². The molecule has 0 radical (unpaired) electrons. The first-order chi connectivity index (χ1) is 12.0. The van der Waals surface area contributed by atoms with E-state index in [9.17, 15) is 14.7 Å². The Morgan fingerprint density at radius 3 is 2.88 bits per heavy atom. The van der Waals surface area contributed by atoms with Crippen LogP contribution in [-0.4, -0.2) is 60.5 Å².